The number of imide groups is 1. The molecule has 0 unspecified atom stereocenters. The number of hydrogen-bond donors (Lipinski definition) is 3. The molecule has 1 saturated heterocycles. The van der Waals surface area contributed by atoms with Crippen LogP contribution in [-0.2, 0) is 16.9 Å². The highest BCUT2D eigenvalue weighted by atomic mass is 32.1. The number of furan rings is 1. The summed E-state index contributed by atoms with van der Waals surface area (Å²) in [7, 11) is 0. The number of benzene rings is 1. The number of carbonyl (C=O) groups is 2. The summed E-state index contributed by atoms with van der Waals surface area (Å²) in [5, 5.41) is 6.73. The number of urea groups is 1. The highest BCUT2D eigenvalue weighted by Crippen LogP contribution is 2.31. The molecule has 0 bridgehead atoms. The van der Waals surface area contributed by atoms with Crippen LogP contribution in [-0.4, -0.2) is 22.1 Å². The number of thiocarbonyl (C=S) groups is 1. The Labute approximate surface area is 150 Å². The van der Waals surface area contributed by atoms with Crippen LogP contribution in [0.2, 0.25) is 0 Å². The number of nitrogens with one attached hydrogen (secondary N) is 3. The van der Waals surface area contributed by atoms with Crippen LogP contribution in [0.5, 0.6) is 0 Å². The number of amides is 3. The molecule has 1 aliphatic heterocycles. The Balaban J connectivity index is 1.71. The predicted octanol–water partition coefficient (Wildman–Crippen LogP) is 2.02. The van der Waals surface area contributed by atoms with E-state index in [9.17, 15) is 9.59 Å². The lowest BCUT2D eigenvalue weighted by molar-refractivity contribution is -0.133. The average molecular weight is 358 g/mol. The van der Waals surface area contributed by atoms with E-state index in [-0.39, 0.29) is 5.11 Å². The molecule has 2 aromatic rings. The van der Waals surface area contributed by atoms with E-state index in [0.717, 1.165) is 10.6 Å². The third kappa shape index (κ3) is 3.20. The van der Waals surface area contributed by atoms with Crippen molar-refractivity contribution in [1.29, 1.82) is 0 Å². The van der Waals surface area contributed by atoms with Gasteiger partial charge in [-0.2, -0.15) is 5.01 Å². The Morgan fingerprint density at radius 2 is 2.00 bits per heavy atom. The summed E-state index contributed by atoms with van der Waals surface area (Å²) in [6, 6.07) is 12.2. The Morgan fingerprint density at radius 3 is 2.64 bits per heavy atom. The van der Waals surface area contributed by atoms with Crippen molar-refractivity contribution in [2.75, 3.05) is 0 Å². The van der Waals surface area contributed by atoms with E-state index < -0.39 is 17.5 Å². The van der Waals surface area contributed by atoms with E-state index in [1.807, 2.05) is 37.3 Å². The second-order valence-corrected chi connectivity index (χ2v) is 5.98. The van der Waals surface area contributed by atoms with Gasteiger partial charge in [-0.25, -0.2) is 4.79 Å². The van der Waals surface area contributed by atoms with Gasteiger partial charge in [-0.1, -0.05) is 37.3 Å². The molecule has 0 saturated carbocycles. The van der Waals surface area contributed by atoms with E-state index in [2.05, 4.69) is 16.1 Å². The smallest absolute Gasteiger partial charge is 0.344 e. The molecule has 1 atom stereocenters. The van der Waals surface area contributed by atoms with Crippen LogP contribution in [0.25, 0.3) is 0 Å². The maximum Gasteiger partial charge on any atom is 0.344 e. The van der Waals surface area contributed by atoms with Crippen LogP contribution in [0.15, 0.2) is 53.1 Å². The van der Waals surface area contributed by atoms with Crippen molar-refractivity contribution < 1.29 is 14.0 Å². The number of nitrogens with zero attached hydrogens (tertiary/aromatic N) is 1. The van der Waals surface area contributed by atoms with E-state index in [4.69, 9.17) is 16.6 Å². The molecule has 0 aliphatic carbocycles. The molecule has 1 aromatic heterocycles. The minimum Gasteiger partial charge on any atom is -0.467 e. The molecule has 1 fully saturated rings. The molecule has 0 radical (unpaired) electrons. The molecule has 1 aromatic carbocycles. The Bertz CT molecular complexity index is 778. The van der Waals surface area contributed by atoms with Crippen LogP contribution in [0, 0.1) is 0 Å². The quantitative estimate of drug-likeness (QED) is 0.560. The van der Waals surface area contributed by atoms with Crippen molar-refractivity contribution in [2.24, 2.45) is 0 Å². The fourth-order valence-corrected chi connectivity index (χ4v) is 2.92. The maximum atomic E-state index is 12.9. The fraction of sp³-hybridized carbons (Fsp3) is 0.235. The Hall–Kier alpha value is -2.87. The van der Waals surface area contributed by atoms with Crippen LogP contribution >= 0.6 is 12.2 Å². The maximum absolute atomic E-state index is 12.9. The monoisotopic (exact) mass is 358 g/mol. The number of carbonyl (C=O) groups excluding carboxylic acids is 2. The molecule has 25 heavy (non-hydrogen) atoms. The molecule has 1 aliphatic rings. The molecular weight excluding hydrogens is 340 g/mol. The molecule has 8 heteroatoms. The van der Waals surface area contributed by atoms with E-state index in [1.54, 1.807) is 18.4 Å². The first-order chi connectivity index (χ1) is 12.1. The normalized spacial score (nSPS) is 19.6. The van der Waals surface area contributed by atoms with Gasteiger partial charge in [-0.05, 0) is 36.3 Å². The minimum absolute atomic E-state index is 0.153. The molecular formula is C17H18N4O3S. The largest absolute Gasteiger partial charge is 0.467 e. The summed E-state index contributed by atoms with van der Waals surface area (Å²) in [4.78, 5) is 25.2. The lowest BCUT2D eigenvalue weighted by atomic mass is 9.87. The van der Waals surface area contributed by atoms with Crippen molar-refractivity contribution in [3.05, 3.63) is 60.1 Å². The lowest BCUT2D eigenvalue weighted by Crippen LogP contribution is -2.51. The van der Waals surface area contributed by atoms with Gasteiger partial charge < -0.3 is 15.1 Å². The van der Waals surface area contributed by atoms with Crippen molar-refractivity contribution >= 4 is 29.3 Å². The zero-order chi connectivity index (χ0) is 17.9. The van der Waals surface area contributed by atoms with Crippen LogP contribution in [0.3, 0.4) is 0 Å². The van der Waals surface area contributed by atoms with E-state index >= 15 is 0 Å². The van der Waals surface area contributed by atoms with Gasteiger partial charge in [0.15, 0.2) is 5.11 Å². The second kappa shape index (κ2) is 6.94. The SMILES string of the molecule is CC[C@@]1(c2ccccc2)NC(=O)N(NC(=S)NCc2ccco2)C1=O. The molecule has 130 valence electrons. The zero-order valence-electron chi connectivity index (χ0n) is 13.6. The first-order valence-electron chi connectivity index (χ1n) is 7.86. The van der Waals surface area contributed by atoms with Gasteiger partial charge in [0.25, 0.3) is 5.91 Å². The second-order valence-electron chi connectivity index (χ2n) is 5.57. The summed E-state index contributed by atoms with van der Waals surface area (Å²) < 4.78 is 5.19. The van der Waals surface area contributed by atoms with Gasteiger partial charge in [0, 0.05) is 0 Å². The fourth-order valence-electron chi connectivity index (χ4n) is 2.76. The predicted molar refractivity (Wildman–Crippen MR) is 95.1 cm³/mol. The van der Waals surface area contributed by atoms with Crippen molar-refractivity contribution in [3.8, 4) is 0 Å². The molecule has 3 N–H and O–H groups in total. The van der Waals surface area contributed by atoms with Crippen molar-refractivity contribution in [2.45, 2.75) is 25.4 Å². The van der Waals surface area contributed by atoms with Gasteiger partial charge >= 0.3 is 6.03 Å². The average Bonchev–Trinajstić information content (AvgIpc) is 3.23. The summed E-state index contributed by atoms with van der Waals surface area (Å²) in [6.07, 6.45) is 1.98. The third-order valence-corrected chi connectivity index (χ3v) is 4.34. The number of rotatable bonds is 5. The van der Waals surface area contributed by atoms with Gasteiger partial charge in [-0.15, -0.1) is 0 Å². The summed E-state index contributed by atoms with van der Waals surface area (Å²) in [5.74, 6) is 0.293. The van der Waals surface area contributed by atoms with Crippen LogP contribution < -0.4 is 16.1 Å². The van der Waals surface area contributed by atoms with Gasteiger partial charge in [-0.3, -0.25) is 10.2 Å². The molecule has 3 amide bonds. The van der Waals surface area contributed by atoms with Gasteiger partial charge in [0.2, 0.25) is 0 Å². The highest BCUT2D eigenvalue weighted by molar-refractivity contribution is 7.80. The van der Waals surface area contributed by atoms with Gasteiger partial charge in [0.1, 0.15) is 11.3 Å². The van der Waals surface area contributed by atoms with Crippen LogP contribution in [0.1, 0.15) is 24.7 Å². The lowest BCUT2D eigenvalue weighted by Gasteiger charge is -2.25. The molecule has 0 spiro atoms. The summed E-state index contributed by atoms with van der Waals surface area (Å²) >= 11 is 5.16. The van der Waals surface area contributed by atoms with Crippen LogP contribution in [0.4, 0.5) is 4.79 Å². The summed E-state index contributed by atoms with van der Waals surface area (Å²) in [6.45, 7) is 2.20. The first-order valence-corrected chi connectivity index (χ1v) is 8.27. The van der Waals surface area contributed by atoms with E-state index in [0.29, 0.717) is 18.7 Å². The topological polar surface area (TPSA) is 86.6 Å². The third-order valence-electron chi connectivity index (χ3n) is 4.11. The molecule has 7 nitrogen and oxygen atoms in total. The Morgan fingerprint density at radius 1 is 1.24 bits per heavy atom. The highest BCUT2D eigenvalue weighted by Gasteiger charge is 2.51. The summed E-state index contributed by atoms with van der Waals surface area (Å²) in [5.41, 5.74) is 2.29. The molecule has 3 rings (SSSR count). The van der Waals surface area contributed by atoms with Crippen molar-refractivity contribution in [3.63, 3.8) is 0 Å². The number of hydrogen-bond acceptors (Lipinski definition) is 4. The first kappa shape index (κ1) is 17.0. The van der Waals surface area contributed by atoms with Gasteiger partial charge in [0.05, 0.1) is 12.8 Å². The zero-order valence-corrected chi connectivity index (χ0v) is 14.4. The standard InChI is InChI=1S/C17H18N4O3S/c1-2-17(12-7-4-3-5-8-12)14(22)21(16(23)19-17)20-15(25)18-11-13-9-6-10-24-13/h3-10H,2,11H2,1H3,(H,19,23)(H2,18,20,25)/t17-/m0/s1. The minimum atomic E-state index is -1.10. The molecule has 2 heterocycles. The number of hydrazine groups is 1. The Kier molecular flexibility index (Phi) is 4.71. The van der Waals surface area contributed by atoms with E-state index in [1.165, 1.54) is 0 Å². The van der Waals surface area contributed by atoms with Crippen molar-refractivity contribution in [1.82, 2.24) is 21.1 Å².